The molecule has 2 aromatic carbocycles. The van der Waals surface area contributed by atoms with Crippen LogP contribution in [0, 0.1) is 15.9 Å². The molecule has 104 valence electrons. The number of non-ortho nitro benzene ring substituents is 1. The van der Waals surface area contributed by atoms with Crippen LogP contribution in [0.2, 0.25) is 0 Å². The van der Waals surface area contributed by atoms with Crippen LogP contribution in [0.4, 0.5) is 10.1 Å². The molecule has 0 bridgehead atoms. The molecule has 0 aliphatic carbocycles. The molecular weight excluding hydrogens is 265 g/mol. The molecule has 6 heteroatoms. The molecule has 1 unspecified atom stereocenters. The van der Waals surface area contributed by atoms with Crippen LogP contribution in [0.15, 0.2) is 42.5 Å². The molecule has 0 aliphatic heterocycles. The zero-order valence-electron chi connectivity index (χ0n) is 10.6. The number of hydrogen-bond acceptors (Lipinski definition) is 4. The Balaban J connectivity index is 2.35. The first kappa shape index (κ1) is 14.0. The van der Waals surface area contributed by atoms with Crippen LogP contribution in [0.5, 0.6) is 11.5 Å². The van der Waals surface area contributed by atoms with E-state index in [2.05, 4.69) is 0 Å². The van der Waals surface area contributed by atoms with Crippen molar-refractivity contribution in [3.8, 4) is 11.5 Å². The fourth-order valence-corrected chi connectivity index (χ4v) is 1.73. The summed E-state index contributed by atoms with van der Waals surface area (Å²) in [5.74, 6) is 0.00176. The average molecular weight is 277 g/mol. The van der Waals surface area contributed by atoms with Crippen molar-refractivity contribution >= 4 is 5.69 Å². The fraction of sp³-hybridized carbons (Fsp3) is 0.143. The Hall–Kier alpha value is -2.47. The number of hydrogen-bond donors (Lipinski definition) is 1. The zero-order chi connectivity index (χ0) is 14.7. The van der Waals surface area contributed by atoms with Crippen molar-refractivity contribution in [1.82, 2.24) is 0 Å². The summed E-state index contributed by atoms with van der Waals surface area (Å²) in [6.07, 6.45) is -0.917. The van der Waals surface area contributed by atoms with Gasteiger partial charge < -0.3 is 9.84 Å². The van der Waals surface area contributed by atoms with E-state index in [-0.39, 0.29) is 22.7 Å². The van der Waals surface area contributed by atoms with Crippen molar-refractivity contribution in [1.29, 1.82) is 0 Å². The van der Waals surface area contributed by atoms with Crippen LogP contribution in [0.25, 0.3) is 0 Å². The molecular formula is C14H12FNO4. The first-order valence-corrected chi connectivity index (χ1v) is 5.87. The van der Waals surface area contributed by atoms with Gasteiger partial charge in [-0.25, -0.2) is 4.39 Å². The molecule has 0 aromatic heterocycles. The standard InChI is InChI=1S/C14H12FNO4/c1-9(17)13-7-10(15)5-6-14(13)20-12-4-2-3-11(8-12)16(18)19/h2-9,17H,1H3. The summed E-state index contributed by atoms with van der Waals surface area (Å²) in [6.45, 7) is 1.48. The summed E-state index contributed by atoms with van der Waals surface area (Å²) in [5.41, 5.74) is 0.166. The van der Waals surface area contributed by atoms with Gasteiger partial charge in [0.15, 0.2) is 0 Å². The van der Waals surface area contributed by atoms with Crippen molar-refractivity contribution in [2.75, 3.05) is 0 Å². The third kappa shape index (κ3) is 3.10. The van der Waals surface area contributed by atoms with Crippen LogP contribution < -0.4 is 4.74 Å². The largest absolute Gasteiger partial charge is 0.457 e. The zero-order valence-corrected chi connectivity index (χ0v) is 10.6. The summed E-state index contributed by atoms with van der Waals surface area (Å²) in [5, 5.41) is 20.3. The van der Waals surface area contributed by atoms with Crippen molar-refractivity contribution in [3.63, 3.8) is 0 Å². The Morgan fingerprint density at radius 3 is 2.70 bits per heavy atom. The summed E-state index contributed by atoms with van der Waals surface area (Å²) >= 11 is 0. The molecule has 0 heterocycles. The van der Waals surface area contributed by atoms with Crippen LogP contribution in [-0.2, 0) is 0 Å². The van der Waals surface area contributed by atoms with Gasteiger partial charge in [-0.3, -0.25) is 10.1 Å². The fourth-order valence-electron chi connectivity index (χ4n) is 1.73. The maximum absolute atomic E-state index is 13.2. The van der Waals surface area contributed by atoms with Crippen molar-refractivity contribution < 1.29 is 19.2 Å². The molecule has 0 radical (unpaired) electrons. The Morgan fingerprint density at radius 2 is 2.05 bits per heavy atom. The van der Waals surface area contributed by atoms with Crippen LogP contribution in [0.1, 0.15) is 18.6 Å². The van der Waals surface area contributed by atoms with Gasteiger partial charge in [-0.15, -0.1) is 0 Å². The molecule has 0 fully saturated rings. The van der Waals surface area contributed by atoms with Crippen molar-refractivity contribution in [2.45, 2.75) is 13.0 Å². The lowest BCUT2D eigenvalue weighted by Crippen LogP contribution is -1.97. The SMILES string of the molecule is CC(O)c1cc(F)ccc1Oc1cccc([N+](=O)[O-])c1. The molecule has 2 aromatic rings. The van der Waals surface area contributed by atoms with Crippen LogP contribution in [-0.4, -0.2) is 10.0 Å². The van der Waals surface area contributed by atoms with Gasteiger partial charge in [0.2, 0.25) is 0 Å². The van der Waals surface area contributed by atoms with Gasteiger partial charge in [0.1, 0.15) is 17.3 Å². The number of aliphatic hydroxyl groups excluding tert-OH is 1. The van der Waals surface area contributed by atoms with E-state index in [0.29, 0.717) is 0 Å². The highest BCUT2D eigenvalue weighted by molar-refractivity contribution is 5.43. The minimum absolute atomic E-state index is 0.108. The van der Waals surface area contributed by atoms with E-state index in [0.717, 1.165) is 6.07 Å². The minimum Gasteiger partial charge on any atom is -0.457 e. The maximum atomic E-state index is 13.2. The summed E-state index contributed by atoms with van der Waals surface area (Å²) in [6, 6.07) is 9.36. The molecule has 1 atom stereocenters. The molecule has 0 saturated carbocycles. The molecule has 2 rings (SSSR count). The highest BCUT2D eigenvalue weighted by Crippen LogP contribution is 2.31. The molecule has 20 heavy (non-hydrogen) atoms. The number of rotatable bonds is 4. The van der Waals surface area contributed by atoms with Gasteiger partial charge in [0.05, 0.1) is 17.1 Å². The first-order valence-electron chi connectivity index (χ1n) is 5.87. The summed E-state index contributed by atoms with van der Waals surface area (Å²) < 4.78 is 18.6. The molecule has 0 aliphatic rings. The molecule has 5 nitrogen and oxygen atoms in total. The normalized spacial score (nSPS) is 11.9. The number of nitro groups is 1. The van der Waals surface area contributed by atoms with Gasteiger partial charge in [-0.1, -0.05) is 6.07 Å². The van der Waals surface area contributed by atoms with Crippen molar-refractivity contribution in [2.24, 2.45) is 0 Å². The van der Waals surface area contributed by atoms with Crippen LogP contribution >= 0.6 is 0 Å². The van der Waals surface area contributed by atoms with Gasteiger partial charge in [-0.2, -0.15) is 0 Å². The summed E-state index contributed by atoms with van der Waals surface area (Å²) in [4.78, 5) is 10.2. The highest BCUT2D eigenvalue weighted by Gasteiger charge is 2.13. The quantitative estimate of drug-likeness (QED) is 0.684. The second-order valence-corrected chi connectivity index (χ2v) is 4.21. The Bertz CT molecular complexity index is 643. The van der Waals surface area contributed by atoms with E-state index in [1.54, 1.807) is 6.07 Å². The van der Waals surface area contributed by atoms with Gasteiger partial charge in [0, 0.05) is 11.6 Å². The number of ether oxygens (including phenoxy) is 1. The molecule has 0 spiro atoms. The molecule has 0 saturated heterocycles. The van der Waals surface area contributed by atoms with E-state index >= 15 is 0 Å². The van der Waals surface area contributed by atoms with E-state index < -0.39 is 16.8 Å². The number of halogens is 1. The monoisotopic (exact) mass is 277 g/mol. The van der Waals surface area contributed by atoms with E-state index in [1.165, 1.54) is 37.3 Å². The highest BCUT2D eigenvalue weighted by atomic mass is 19.1. The third-order valence-corrected chi connectivity index (χ3v) is 2.68. The second-order valence-electron chi connectivity index (χ2n) is 4.21. The minimum atomic E-state index is -0.917. The van der Waals surface area contributed by atoms with Crippen LogP contribution in [0.3, 0.4) is 0 Å². The lowest BCUT2D eigenvalue weighted by Gasteiger charge is -2.13. The smallest absolute Gasteiger partial charge is 0.273 e. The predicted octanol–water partition coefficient (Wildman–Crippen LogP) is 3.58. The van der Waals surface area contributed by atoms with E-state index in [1.807, 2.05) is 0 Å². The second kappa shape index (κ2) is 5.66. The number of benzene rings is 2. The van der Waals surface area contributed by atoms with E-state index in [4.69, 9.17) is 4.74 Å². The first-order chi connectivity index (χ1) is 9.47. The van der Waals surface area contributed by atoms with Crippen molar-refractivity contribution in [3.05, 3.63) is 64.0 Å². The van der Waals surface area contributed by atoms with Gasteiger partial charge in [-0.05, 0) is 31.2 Å². The number of aliphatic hydroxyl groups is 1. The summed E-state index contributed by atoms with van der Waals surface area (Å²) in [7, 11) is 0. The number of nitrogens with zero attached hydrogens (tertiary/aromatic N) is 1. The lowest BCUT2D eigenvalue weighted by atomic mass is 10.1. The Kier molecular flexibility index (Phi) is 3.95. The van der Waals surface area contributed by atoms with Gasteiger partial charge >= 0.3 is 0 Å². The average Bonchev–Trinajstić information content (AvgIpc) is 2.41. The van der Waals surface area contributed by atoms with Gasteiger partial charge in [0.25, 0.3) is 5.69 Å². The maximum Gasteiger partial charge on any atom is 0.273 e. The third-order valence-electron chi connectivity index (χ3n) is 2.68. The Morgan fingerprint density at radius 1 is 1.30 bits per heavy atom. The molecule has 1 N–H and O–H groups in total. The van der Waals surface area contributed by atoms with E-state index in [9.17, 15) is 19.6 Å². The number of nitro benzene ring substituents is 1. The topological polar surface area (TPSA) is 72.6 Å². The predicted molar refractivity (Wildman–Crippen MR) is 70.2 cm³/mol. The Labute approximate surface area is 114 Å². The lowest BCUT2D eigenvalue weighted by molar-refractivity contribution is -0.384. The molecule has 0 amide bonds.